The fraction of sp³-hybridized carbons (Fsp3) is 0.474. The first-order valence-corrected chi connectivity index (χ1v) is 8.67. The Hall–Kier alpha value is -1.56. The lowest BCUT2D eigenvalue weighted by molar-refractivity contribution is -0.122. The number of nitrogens with two attached hydrogens (primary N) is 1. The van der Waals surface area contributed by atoms with E-state index >= 15 is 0 Å². The van der Waals surface area contributed by atoms with Crippen LogP contribution in [0.25, 0.3) is 11.3 Å². The lowest BCUT2D eigenvalue weighted by Gasteiger charge is -2.26. The molecule has 1 aromatic carbocycles. The van der Waals surface area contributed by atoms with Crippen LogP contribution in [-0.4, -0.2) is 23.0 Å². The minimum Gasteiger partial charge on any atom is -0.441 e. The number of amides is 1. The zero-order valence-electron chi connectivity index (χ0n) is 14.9. The van der Waals surface area contributed by atoms with E-state index in [2.05, 4.69) is 10.3 Å². The van der Waals surface area contributed by atoms with E-state index in [-0.39, 0.29) is 36.8 Å². The molecule has 1 aliphatic rings. The molecule has 1 heterocycles. The van der Waals surface area contributed by atoms with Gasteiger partial charge in [0.05, 0.1) is 6.20 Å². The fourth-order valence-corrected chi connectivity index (χ4v) is 3.06. The van der Waals surface area contributed by atoms with Gasteiger partial charge in [-0.2, -0.15) is 0 Å². The highest BCUT2D eigenvalue weighted by Crippen LogP contribution is 2.21. The third-order valence-electron chi connectivity index (χ3n) is 4.59. The summed E-state index contributed by atoms with van der Waals surface area (Å²) in [6, 6.07) is 8.68. The zero-order valence-corrected chi connectivity index (χ0v) is 16.6. The van der Waals surface area contributed by atoms with Gasteiger partial charge < -0.3 is 15.5 Å². The summed E-state index contributed by atoms with van der Waals surface area (Å²) in [6.07, 6.45) is 6.57. The summed E-state index contributed by atoms with van der Waals surface area (Å²) in [4.78, 5) is 16.3. The Morgan fingerprint density at radius 2 is 1.85 bits per heavy atom. The summed E-state index contributed by atoms with van der Waals surface area (Å²) in [6.45, 7) is 2.05. The molecule has 26 heavy (non-hydrogen) atoms. The summed E-state index contributed by atoms with van der Waals surface area (Å²) >= 11 is 0. The van der Waals surface area contributed by atoms with Crippen molar-refractivity contribution in [2.24, 2.45) is 5.73 Å². The van der Waals surface area contributed by atoms with E-state index in [1.54, 1.807) is 6.20 Å². The third kappa shape index (κ3) is 6.31. The van der Waals surface area contributed by atoms with Crippen LogP contribution in [0.4, 0.5) is 0 Å². The quantitative estimate of drug-likeness (QED) is 0.800. The van der Waals surface area contributed by atoms with Gasteiger partial charge in [0, 0.05) is 30.5 Å². The smallest absolute Gasteiger partial charge is 0.220 e. The predicted octanol–water partition coefficient (Wildman–Crippen LogP) is 3.81. The Balaban J connectivity index is 0.00000169. The fourth-order valence-electron chi connectivity index (χ4n) is 3.06. The molecule has 0 bridgehead atoms. The largest absolute Gasteiger partial charge is 0.441 e. The third-order valence-corrected chi connectivity index (χ3v) is 4.59. The van der Waals surface area contributed by atoms with Crippen molar-refractivity contribution in [2.45, 2.75) is 57.5 Å². The number of rotatable bonds is 5. The summed E-state index contributed by atoms with van der Waals surface area (Å²) in [5, 5.41) is 3.09. The standard InChI is InChI=1S/C19H25N3O2.2ClH/c1-13-2-4-14(5-3-13)17-12-21-19(24-17)11-10-18(23)22-16-8-6-15(20)7-9-16;;/h2-5,12,15-16H,6-11,20H2,1H3,(H,22,23);2*1H. The Morgan fingerprint density at radius 3 is 2.50 bits per heavy atom. The van der Waals surface area contributed by atoms with Crippen LogP contribution >= 0.6 is 24.8 Å². The van der Waals surface area contributed by atoms with Crippen LogP contribution < -0.4 is 11.1 Å². The van der Waals surface area contributed by atoms with Gasteiger partial charge in [0.1, 0.15) is 0 Å². The first-order valence-electron chi connectivity index (χ1n) is 8.67. The number of nitrogens with zero attached hydrogens (tertiary/aromatic N) is 1. The second kappa shape index (κ2) is 10.6. The van der Waals surface area contributed by atoms with E-state index < -0.39 is 0 Å². The molecule has 0 spiro atoms. The van der Waals surface area contributed by atoms with Gasteiger partial charge in [0.2, 0.25) is 5.91 Å². The van der Waals surface area contributed by atoms with E-state index in [9.17, 15) is 4.79 Å². The van der Waals surface area contributed by atoms with Gasteiger partial charge in [0.15, 0.2) is 11.7 Å². The molecule has 0 aliphatic heterocycles. The highest BCUT2D eigenvalue weighted by molar-refractivity contribution is 5.85. The number of nitrogens with one attached hydrogen (secondary N) is 1. The molecule has 0 saturated heterocycles. The number of carbonyl (C=O) groups excluding carboxylic acids is 1. The first-order chi connectivity index (χ1) is 11.6. The molecule has 3 N–H and O–H groups in total. The monoisotopic (exact) mass is 399 g/mol. The second-order valence-corrected chi connectivity index (χ2v) is 6.66. The number of aromatic nitrogens is 1. The molecule has 0 unspecified atom stereocenters. The Labute approximate surface area is 167 Å². The number of hydrogen-bond acceptors (Lipinski definition) is 4. The summed E-state index contributed by atoms with van der Waals surface area (Å²) in [5.41, 5.74) is 8.10. The normalized spacial score (nSPS) is 19.2. The maximum atomic E-state index is 12.1. The Kier molecular flexibility index (Phi) is 9.13. The average Bonchev–Trinajstić information content (AvgIpc) is 3.05. The molecule has 7 heteroatoms. The maximum Gasteiger partial charge on any atom is 0.220 e. The molecule has 1 saturated carbocycles. The van der Waals surface area contributed by atoms with Crippen molar-refractivity contribution in [1.82, 2.24) is 10.3 Å². The van der Waals surface area contributed by atoms with E-state index in [4.69, 9.17) is 10.2 Å². The number of oxazole rings is 1. The molecule has 1 amide bonds. The molecule has 2 aromatic rings. The van der Waals surface area contributed by atoms with Crippen LogP contribution in [-0.2, 0) is 11.2 Å². The number of hydrogen-bond donors (Lipinski definition) is 2. The Morgan fingerprint density at radius 1 is 1.19 bits per heavy atom. The highest BCUT2D eigenvalue weighted by atomic mass is 35.5. The van der Waals surface area contributed by atoms with Gasteiger partial charge in [0.25, 0.3) is 0 Å². The van der Waals surface area contributed by atoms with Crippen LogP contribution in [0.5, 0.6) is 0 Å². The van der Waals surface area contributed by atoms with Crippen LogP contribution in [0.2, 0.25) is 0 Å². The predicted molar refractivity (Wildman–Crippen MR) is 108 cm³/mol. The van der Waals surface area contributed by atoms with Crippen LogP contribution in [0.1, 0.15) is 43.6 Å². The van der Waals surface area contributed by atoms with Gasteiger partial charge in [-0.15, -0.1) is 24.8 Å². The zero-order chi connectivity index (χ0) is 16.9. The second-order valence-electron chi connectivity index (χ2n) is 6.66. The lowest BCUT2D eigenvalue weighted by Crippen LogP contribution is -2.40. The topological polar surface area (TPSA) is 81.2 Å². The van der Waals surface area contributed by atoms with E-state index in [0.29, 0.717) is 24.8 Å². The van der Waals surface area contributed by atoms with Crippen molar-refractivity contribution >= 4 is 30.7 Å². The molecular weight excluding hydrogens is 373 g/mol. The number of halogens is 2. The molecular formula is C19H27Cl2N3O2. The molecule has 144 valence electrons. The van der Waals surface area contributed by atoms with Crippen molar-refractivity contribution in [3.05, 3.63) is 41.9 Å². The molecule has 3 rings (SSSR count). The molecule has 1 fully saturated rings. The first kappa shape index (κ1) is 22.5. The molecule has 1 aromatic heterocycles. The number of aryl methyl sites for hydroxylation is 2. The number of carbonyl (C=O) groups is 1. The van der Waals surface area contributed by atoms with Crippen molar-refractivity contribution in [1.29, 1.82) is 0 Å². The van der Waals surface area contributed by atoms with Crippen LogP contribution in [0, 0.1) is 6.92 Å². The highest BCUT2D eigenvalue weighted by Gasteiger charge is 2.20. The van der Waals surface area contributed by atoms with Crippen LogP contribution in [0.3, 0.4) is 0 Å². The summed E-state index contributed by atoms with van der Waals surface area (Å²) < 4.78 is 5.76. The van der Waals surface area contributed by atoms with Gasteiger partial charge in [-0.1, -0.05) is 29.8 Å². The van der Waals surface area contributed by atoms with Gasteiger partial charge >= 0.3 is 0 Å². The molecule has 0 radical (unpaired) electrons. The Bertz CT molecular complexity index is 680. The van der Waals surface area contributed by atoms with Crippen LogP contribution in [0.15, 0.2) is 34.9 Å². The lowest BCUT2D eigenvalue weighted by atomic mass is 9.92. The van der Waals surface area contributed by atoms with E-state index in [1.165, 1.54) is 5.56 Å². The SMILES string of the molecule is Cc1ccc(-c2cnc(CCC(=O)NC3CCC(N)CC3)o2)cc1.Cl.Cl. The van der Waals surface area contributed by atoms with Crippen molar-refractivity contribution in [2.75, 3.05) is 0 Å². The van der Waals surface area contributed by atoms with Gasteiger partial charge in [-0.3, -0.25) is 4.79 Å². The molecule has 1 aliphatic carbocycles. The maximum absolute atomic E-state index is 12.1. The summed E-state index contributed by atoms with van der Waals surface area (Å²) in [5.74, 6) is 1.41. The summed E-state index contributed by atoms with van der Waals surface area (Å²) in [7, 11) is 0. The van der Waals surface area contributed by atoms with Crippen molar-refractivity contribution in [3.63, 3.8) is 0 Å². The molecule has 5 nitrogen and oxygen atoms in total. The number of benzene rings is 1. The minimum atomic E-state index is 0. The van der Waals surface area contributed by atoms with Gasteiger partial charge in [-0.05, 0) is 32.6 Å². The minimum absolute atomic E-state index is 0. The van der Waals surface area contributed by atoms with E-state index in [0.717, 1.165) is 37.0 Å². The van der Waals surface area contributed by atoms with Crippen molar-refractivity contribution in [3.8, 4) is 11.3 Å². The average molecular weight is 400 g/mol. The molecule has 0 atom stereocenters. The van der Waals surface area contributed by atoms with Gasteiger partial charge in [-0.25, -0.2) is 4.98 Å². The van der Waals surface area contributed by atoms with Crippen molar-refractivity contribution < 1.29 is 9.21 Å². The van der Waals surface area contributed by atoms with E-state index in [1.807, 2.05) is 31.2 Å².